The molecule has 24 heavy (non-hydrogen) atoms. The van der Waals surface area contributed by atoms with E-state index in [1.54, 1.807) is 30.3 Å². The number of ketones is 2. The van der Waals surface area contributed by atoms with Crippen molar-refractivity contribution in [1.29, 1.82) is 0 Å². The number of nitrogen functional groups attached to an aromatic ring is 2. The molecule has 4 rings (SSSR count). The molecule has 1 aliphatic carbocycles. The molecule has 4 N–H and O–H groups in total. The molecule has 122 valence electrons. The number of rotatable bonds is 1. The van der Waals surface area contributed by atoms with E-state index in [4.69, 9.17) is 11.5 Å². The van der Waals surface area contributed by atoms with Gasteiger partial charge in [0, 0.05) is 29.9 Å². The molecule has 0 aromatic heterocycles. The van der Waals surface area contributed by atoms with Gasteiger partial charge in [0.2, 0.25) is 0 Å². The maximum atomic E-state index is 13.0. The highest BCUT2D eigenvalue weighted by atomic mass is 16.1. The molecule has 1 fully saturated rings. The van der Waals surface area contributed by atoms with Crippen LogP contribution in [0.1, 0.15) is 51.1 Å². The second kappa shape index (κ2) is 5.37. The van der Waals surface area contributed by atoms with Gasteiger partial charge in [0.15, 0.2) is 11.6 Å². The average Bonchev–Trinajstić information content (AvgIpc) is 2.62. The lowest BCUT2D eigenvalue weighted by molar-refractivity contribution is 0.0980. The number of anilines is 3. The van der Waals surface area contributed by atoms with Gasteiger partial charge in [0.1, 0.15) is 0 Å². The first kappa shape index (κ1) is 14.8. The third kappa shape index (κ3) is 2.01. The Hall–Kier alpha value is -2.82. The molecule has 0 bridgehead atoms. The Morgan fingerprint density at radius 3 is 2.04 bits per heavy atom. The molecule has 1 aliphatic heterocycles. The zero-order chi connectivity index (χ0) is 16.8. The summed E-state index contributed by atoms with van der Waals surface area (Å²) in [6, 6.07) is 8.58. The third-order valence-corrected chi connectivity index (χ3v) is 4.94. The lowest BCUT2D eigenvalue weighted by Gasteiger charge is -2.32. The van der Waals surface area contributed by atoms with E-state index in [2.05, 4.69) is 4.90 Å². The first-order valence-electron chi connectivity index (χ1n) is 8.25. The Bertz CT molecular complexity index is 867. The van der Waals surface area contributed by atoms with Crippen LogP contribution in [0.25, 0.3) is 0 Å². The van der Waals surface area contributed by atoms with E-state index in [0.29, 0.717) is 22.5 Å². The zero-order valence-electron chi connectivity index (χ0n) is 13.3. The number of benzene rings is 2. The Kier molecular flexibility index (Phi) is 3.30. The van der Waals surface area contributed by atoms with Crippen LogP contribution < -0.4 is 16.4 Å². The average molecular weight is 321 g/mol. The van der Waals surface area contributed by atoms with Crippen molar-refractivity contribution in [3.05, 3.63) is 52.6 Å². The fraction of sp³-hybridized carbons (Fsp3) is 0.263. The van der Waals surface area contributed by atoms with Gasteiger partial charge < -0.3 is 16.4 Å². The number of hydrogen-bond donors (Lipinski definition) is 2. The van der Waals surface area contributed by atoms with Crippen LogP contribution in [-0.2, 0) is 0 Å². The summed E-state index contributed by atoms with van der Waals surface area (Å²) < 4.78 is 0. The molecule has 0 spiro atoms. The first-order valence-corrected chi connectivity index (χ1v) is 8.25. The number of carbonyl (C=O) groups excluding carboxylic acids is 2. The first-order chi connectivity index (χ1) is 11.6. The van der Waals surface area contributed by atoms with Crippen LogP contribution in [0.4, 0.5) is 17.1 Å². The highest BCUT2D eigenvalue weighted by Gasteiger charge is 2.34. The number of nitrogens with two attached hydrogens (primary N) is 2. The highest BCUT2D eigenvalue weighted by molar-refractivity contribution is 6.32. The standard InChI is InChI=1S/C19H19N3O2/c20-13-10-14(22-8-4-1-5-9-22)17(21)16-15(13)18(23)11-6-2-3-7-12(11)19(16)24/h2-3,6-7,10H,1,4-5,8-9,20-21H2. The molecule has 5 nitrogen and oxygen atoms in total. The fourth-order valence-corrected chi connectivity index (χ4v) is 3.73. The Balaban J connectivity index is 1.93. The van der Waals surface area contributed by atoms with Gasteiger partial charge in [-0.15, -0.1) is 0 Å². The van der Waals surface area contributed by atoms with Crippen molar-refractivity contribution in [3.63, 3.8) is 0 Å². The van der Waals surface area contributed by atoms with Crippen molar-refractivity contribution in [3.8, 4) is 0 Å². The van der Waals surface area contributed by atoms with Crippen LogP contribution in [0.3, 0.4) is 0 Å². The van der Waals surface area contributed by atoms with Crippen molar-refractivity contribution >= 4 is 28.6 Å². The van der Waals surface area contributed by atoms with Gasteiger partial charge in [0.25, 0.3) is 0 Å². The summed E-state index contributed by atoms with van der Waals surface area (Å²) in [6.45, 7) is 1.78. The van der Waals surface area contributed by atoms with E-state index in [1.807, 2.05) is 0 Å². The van der Waals surface area contributed by atoms with Gasteiger partial charge in [-0.3, -0.25) is 9.59 Å². The van der Waals surface area contributed by atoms with Crippen molar-refractivity contribution < 1.29 is 9.59 Å². The van der Waals surface area contributed by atoms with E-state index >= 15 is 0 Å². The van der Waals surface area contributed by atoms with E-state index < -0.39 is 0 Å². The zero-order valence-corrected chi connectivity index (χ0v) is 13.3. The number of fused-ring (bicyclic) bond motifs is 2. The molecular weight excluding hydrogens is 302 g/mol. The van der Waals surface area contributed by atoms with Crippen molar-refractivity contribution in [1.82, 2.24) is 0 Å². The largest absolute Gasteiger partial charge is 0.398 e. The maximum Gasteiger partial charge on any atom is 0.196 e. The van der Waals surface area contributed by atoms with Crippen molar-refractivity contribution in [2.24, 2.45) is 0 Å². The topological polar surface area (TPSA) is 89.4 Å². The molecule has 0 amide bonds. The summed E-state index contributed by atoms with van der Waals surface area (Å²) in [4.78, 5) is 27.9. The summed E-state index contributed by atoms with van der Waals surface area (Å²) in [5, 5.41) is 0. The smallest absolute Gasteiger partial charge is 0.196 e. The molecule has 1 heterocycles. The SMILES string of the molecule is Nc1cc(N2CCCCC2)c(N)c2c1C(=O)c1ccccc1C2=O. The van der Waals surface area contributed by atoms with E-state index in [-0.39, 0.29) is 22.7 Å². The number of carbonyl (C=O) groups is 2. The Morgan fingerprint density at radius 1 is 0.833 bits per heavy atom. The summed E-state index contributed by atoms with van der Waals surface area (Å²) in [5.41, 5.74) is 15.3. The van der Waals surface area contributed by atoms with Crippen molar-refractivity contribution in [2.45, 2.75) is 19.3 Å². The third-order valence-electron chi connectivity index (χ3n) is 4.94. The molecule has 0 unspecified atom stereocenters. The number of hydrogen-bond acceptors (Lipinski definition) is 5. The monoisotopic (exact) mass is 321 g/mol. The van der Waals surface area contributed by atoms with Gasteiger partial charge in [-0.2, -0.15) is 0 Å². The minimum Gasteiger partial charge on any atom is -0.398 e. The second-order valence-electron chi connectivity index (χ2n) is 6.40. The highest BCUT2D eigenvalue weighted by Crippen LogP contribution is 2.40. The Morgan fingerprint density at radius 2 is 1.42 bits per heavy atom. The minimum absolute atomic E-state index is 0.219. The number of nitrogens with zero attached hydrogens (tertiary/aromatic N) is 1. The molecule has 2 aliphatic rings. The molecule has 5 heteroatoms. The molecule has 0 atom stereocenters. The number of piperidine rings is 1. The minimum atomic E-state index is -0.227. The maximum absolute atomic E-state index is 13.0. The van der Waals surface area contributed by atoms with Crippen LogP contribution in [-0.4, -0.2) is 24.7 Å². The van der Waals surface area contributed by atoms with Gasteiger partial charge in [-0.25, -0.2) is 0 Å². The molecule has 2 aromatic carbocycles. The van der Waals surface area contributed by atoms with E-state index in [9.17, 15) is 9.59 Å². The molecule has 2 aromatic rings. The van der Waals surface area contributed by atoms with E-state index in [1.165, 1.54) is 6.42 Å². The summed E-state index contributed by atoms with van der Waals surface area (Å²) in [7, 11) is 0. The normalized spacial score (nSPS) is 16.8. The lowest BCUT2D eigenvalue weighted by atomic mass is 9.82. The van der Waals surface area contributed by atoms with Crippen LogP contribution in [0.5, 0.6) is 0 Å². The predicted octanol–water partition coefficient (Wildman–Crippen LogP) is 2.62. The summed E-state index contributed by atoms with van der Waals surface area (Å²) in [5.74, 6) is -0.446. The fourth-order valence-electron chi connectivity index (χ4n) is 3.73. The summed E-state index contributed by atoms with van der Waals surface area (Å²) >= 11 is 0. The van der Waals surface area contributed by atoms with Gasteiger partial charge in [-0.05, 0) is 25.3 Å². The van der Waals surface area contributed by atoms with Crippen LogP contribution in [0.2, 0.25) is 0 Å². The second-order valence-corrected chi connectivity index (χ2v) is 6.40. The quantitative estimate of drug-likeness (QED) is 0.673. The van der Waals surface area contributed by atoms with Crippen LogP contribution >= 0.6 is 0 Å². The predicted molar refractivity (Wildman–Crippen MR) is 94.6 cm³/mol. The van der Waals surface area contributed by atoms with Gasteiger partial charge >= 0.3 is 0 Å². The molecule has 1 saturated heterocycles. The molecule has 0 radical (unpaired) electrons. The van der Waals surface area contributed by atoms with Gasteiger partial charge in [-0.1, -0.05) is 24.3 Å². The van der Waals surface area contributed by atoms with Crippen molar-refractivity contribution in [2.75, 3.05) is 29.5 Å². The van der Waals surface area contributed by atoms with Gasteiger partial charge in [0.05, 0.1) is 22.5 Å². The molecule has 0 saturated carbocycles. The van der Waals surface area contributed by atoms with E-state index in [0.717, 1.165) is 31.6 Å². The van der Waals surface area contributed by atoms with Crippen LogP contribution in [0.15, 0.2) is 30.3 Å². The Labute approximate surface area is 140 Å². The molecular formula is C19H19N3O2. The summed E-state index contributed by atoms with van der Waals surface area (Å²) in [6.07, 6.45) is 3.37. The van der Waals surface area contributed by atoms with Crippen LogP contribution in [0, 0.1) is 0 Å². The lowest BCUT2D eigenvalue weighted by Crippen LogP contribution is -2.32.